The van der Waals surface area contributed by atoms with Crippen LogP contribution in [0.4, 0.5) is 0 Å². The Morgan fingerprint density at radius 1 is 1.17 bits per heavy atom. The fraction of sp³-hybridized carbons (Fsp3) is 0.500. The summed E-state index contributed by atoms with van der Waals surface area (Å²) >= 11 is 5.85. The van der Waals surface area contributed by atoms with Gasteiger partial charge in [-0.15, -0.1) is 11.6 Å². The van der Waals surface area contributed by atoms with E-state index in [1.807, 2.05) is 6.07 Å². The Hall–Kier alpha value is -0.850. The molecule has 1 aromatic rings. The van der Waals surface area contributed by atoms with Crippen molar-refractivity contribution in [3.8, 4) is 5.75 Å². The number of rotatable bonds is 3. The molecule has 1 heterocycles. The molecule has 1 saturated heterocycles. The molecular weight excluding hydrogens is 260 g/mol. The number of halogens is 1. The average molecular weight is 275 g/mol. The molecule has 5 nitrogen and oxygen atoms in total. The highest BCUT2D eigenvalue weighted by molar-refractivity contribution is 6.21. The summed E-state index contributed by atoms with van der Waals surface area (Å²) < 4.78 is 10.7. The van der Waals surface area contributed by atoms with Gasteiger partial charge in [0.05, 0.1) is 12.0 Å². The van der Waals surface area contributed by atoms with Crippen LogP contribution in [0.5, 0.6) is 5.75 Å². The predicted molar refractivity (Wildman–Crippen MR) is 64.5 cm³/mol. The lowest BCUT2D eigenvalue weighted by molar-refractivity contribution is -0.238. The molecule has 2 rings (SSSR count). The van der Waals surface area contributed by atoms with E-state index in [1.165, 1.54) is 0 Å². The number of para-hydroxylation sites is 1. The van der Waals surface area contributed by atoms with Crippen LogP contribution in [-0.2, 0) is 4.74 Å². The first-order chi connectivity index (χ1) is 8.63. The highest BCUT2D eigenvalue weighted by Crippen LogP contribution is 2.26. The Labute approximate surface area is 110 Å². The Balaban J connectivity index is 2.08. The number of alkyl halides is 1. The normalized spacial score (nSPS) is 36.3. The molecule has 0 aromatic heterocycles. The van der Waals surface area contributed by atoms with Gasteiger partial charge in [0.2, 0.25) is 6.29 Å². The van der Waals surface area contributed by atoms with Gasteiger partial charge in [-0.25, -0.2) is 0 Å². The van der Waals surface area contributed by atoms with Crippen molar-refractivity contribution >= 4 is 11.6 Å². The van der Waals surface area contributed by atoms with E-state index in [4.69, 9.17) is 26.2 Å². The van der Waals surface area contributed by atoms with Gasteiger partial charge in [0.15, 0.2) is 0 Å². The van der Waals surface area contributed by atoms with Gasteiger partial charge in [-0.05, 0) is 12.1 Å². The van der Waals surface area contributed by atoms with Crippen LogP contribution in [0.25, 0.3) is 0 Å². The van der Waals surface area contributed by atoms with Crippen molar-refractivity contribution in [1.82, 2.24) is 0 Å². The Kier molecular flexibility index (Phi) is 4.42. The van der Waals surface area contributed by atoms with E-state index in [-0.39, 0.29) is 6.61 Å². The minimum atomic E-state index is -1.27. The SMILES string of the molecule is OC[C@H]1O[C@@H](Oc2ccccc2)[C@H](O)[C@@H](O)[C@H]1Cl. The Morgan fingerprint density at radius 3 is 2.44 bits per heavy atom. The lowest BCUT2D eigenvalue weighted by Crippen LogP contribution is -2.58. The molecule has 1 aliphatic rings. The smallest absolute Gasteiger partial charge is 0.229 e. The maximum Gasteiger partial charge on any atom is 0.229 e. The van der Waals surface area contributed by atoms with Crippen molar-refractivity contribution in [2.45, 2.75) is 30.0 Å². The van der Waals surface area contributed by atoms with Crippen molar-refractivity contribution in [2.75, 3.05) is 6.61 Å². The standard InChI is InChI=1S/C12H15ClO5/c13-9-8(6-14)18-12(11(16)10(9)15)17-7-4-2-1-3-5-7/h1-5,8-12,14-16H,6H2/t8-,9+,10+,11-,12-/m1/s1. The number of ether oxygens (including phenoxy) is 2. The second-order valence-corrected chi connectivity index (χ2v) is 4.59. The summed E-state index contributed by atoms with van der Waals surface area (Å²) in [5.41, 5.74) is 0. The Morgan fingerprint density at radius 2 is 1.83 bits per heavy atom. The van der Waals surface area contributed by atoms with E-state index in [1.54, 1.807) is 24.3 Å². The maximum absolute atomic E-state index is 9.82. The zero-order valence-electron chi connectivity index (χ0n) is 9.52. The monoisotopic (exact) mass is 274 g/mol. The molecule has 0 aliphatic carbocycles. The highest BCUT2D eigenvalue weighted by atomic mass is 35.5. The second kappa shape index (κ2) is 5.86. The van der Waals surface area contributed by atoms with E-state index in [9.17, 15) is 10.2 Å². The van der Waals surface area contributed by atoms with Crippen LogP contribution in [0.3, 0.4) is 0 Å². The topological polar surface area (TPSA) is 79.2 Å². The van der Waals surface area contributed by atoms with E-state index in [2.05, 4.69) is 0 Å². The molecule has 0 spiro atoms. The van der Waals surface area contributed by atoms with Gasteiger partial charge < -0.3 is 24.8 Å². The van der Waals surface area contributed by atoms with Gasteiger partial charge in [0.1, 0.15) is 24.1 Å². The van der Waals surface area contributed by atoms with E-state index in [0.717, 1.165) is 0 Å². The minimum Gasteiger partial charge on any atom is -0.462 e. The van der Waals surface area contributed by atoms with Crippen LogP contribution < -0.4 is 4.74 Å². The van der Waals surface area contributed by atoms with E-state index < -0.39 is 30.0 Å². The molecule has 0 bridgehead atoms. The third-order valence-electron chi connectivity index (χ3n) is 2.79. The fourth-order valence-corrected chi connectivity index (χ4v) is 2.06. The third kappa shape index (κ3) is 2.76. The summed E-state index contributed by atoms with van der Waals surface area (Å²) in [5.74, 6) is 0.499. The minimum absolute atomic E-state index is 0.355. The molecule has 1 fully saturated rings. The number of hydrogen-bond acceptors (Lipinski definition) is 5. The molecule has 0 radical (unpaired) electrons. The van der Waals surface area contributed by atoms with Gasteiger partial charge >= 0.3 is 0 Å². The molecule has 3 N–H and O–H groups in total. The molecule has 0 amide bonds. The summed E-state index contributed by atoms with van der Waals surface area (Å²) in [6.45, 7) is -0.355. The molecule has 5 atom stereocenters. The van der Waals surface area contributed by atoms with E-state index >= 15 is 0 Å². The maximum atomic E-state index is 9.82. The van der Waals surface area contributed by atoms with Gasteiger partial charge in [-0.3, -0.25) is 0 Å². The first kappa shape index (κ1) is 13.6. The number of aliphatic hydroxyl groups is 3. The van der Waals surface area contributed by atoms with Crippen LogP contribution in [-0.4, -0.2) is 51.9 Å². The van der Waals surface area contributed by atoms with Crippen molar-refractivity contribution in [3.05, 3.63) is 30.3 Å². The van der Waals surface area contributed by atoms with Crippen molar-refractivity contribution in [2.24, 2.45) is 0 Å². The van der Waals surface area contributed by atoms with Crippen LogP contribution >= 0.6 is 11.6 Å². The average Bonchev–Trinajstić information content (AvgIpc) is 2.40. The predicted octanol–water partition coefficient (Wildman–Crippen LogP) is 0.112. The van der Waals surface area contributed by atoms with Gasteiger partial charge in [0, 0.05) is 0 Å². The van der Waals surface area contributed by atoms with Crippen molar-refractivity contribution < 1.29 is 24.8 Å². The zero-order chi connectivity index (χ0) is 13.1. The van der Waals surface area contributed by atoms with Crippen LogP contribution in [0.2, 0.25) is 0 Å². The summed E-state index contributed by atoms with van der Waals surface area (Å²) in [7, 11) is 0. The van der Waals surface area contributed by atoms with Crippen molar-refractivity contribution in [3.63, 3.8) is 0 Å². The van der Waals surface area contributed by atoms with Gasteiger partial charge in [0.25, 0.3) is 0 Å². The highest BCUT2D eigenvalue weighted by Gasteiger charge is 2.44. The summed E-state index contributed by atoms with van der Waals surface area (Å²) in [6, 6.07) is 8.77. The second-order valence-electron chi connectivity index (χ2n) is 4.08. The summed E-state index contributed by atoms with van der Waals surface area (Å²) in [4.78, 5) is 0. The quantitative estimate of drug-likeness (QED) is 0.682. The molecular formula is C12H15ClO5. The summed E-state index contributed by atoms with van der Waals surface area (Å²) in [5, 5.41) is 27.8. The lowest BCUT2D eigenvalue weighted by atomic mass is 10.0. The van der Waals surface area contributed by atoms with Crippen LogP contribution in [0.15, 0.2) is 30.3 Å². The molecule has 6 heteroatoms. The van der Waals surface area contributed by atoms with Gasteiger partial charge in [-0.2, -0.15) is 0 Å². The van der Waals surface area contributed by atoms with Crippen LogP contribution in [0.1, 0.15) is 0 Å². The zero-order valence-corrected chi connectivity index (χ0v) is 10.3. The van der Waals surface area contributed by atoms with E-state index in [0.29, 0.717) is 5.75 Å². The number of benzene rings is 1. The summed E-state index contributed by atoms with van der Waals surface area (Å²) in [6.07, 6.45) is -4.32. The van der Waals surface area contributed by atoms with Crippen molar-refractivity contribution in [1.29, 1.82) is 0 Å². The molecule has 18 heavy (non-hydrogen) atoms. The molecule has 1 aliphatic heterocycles. The number of aliphatic hydroxyl groups excluding tert-OH is 3. The fourth-order valence-electron chi connectivity index (χ4n) is 1.77. The molecule has 0 unspecified atom stereocenters. The lowest BCUT2D eigenvalue weighted by Gasteiger charge is -2.39. The molecule has 0 saturated carbocycles. The molecule has 100 valence electrons. The largest absolute Gasteiger partial charge is 0.462 e. The first-order valence-corrected chi connectivity index (χ1v) is 6.05. The molecule has 1 aromatic carbocycles. The number of hydrogen-bond donors (Lipinski definition) is 3. The first-order valence-electron chi connectivity index (χ1n) is 5.61. The third-order valence-corrected chi connectivity index (χ3v) is 3.33. The van der Waals surface area contributed by atoms with Crippen LogP contribution in [0, 0.1) is 0 Å². The van der Waals surface area contributed by atoms with Gasteiger partial charge in [-0.1, -0.05) is 18.2 Å². The Bertz CT molecular complexity index is 372.